The Morgan fingerprint density at radius 3 is 2.67 bits per heavy atom. The van der Waals surface area contributed by atoms with Gasteiger partial charge in [-0.05, 0) is 52.4 Å². The van der Waals surface area contributed by atoms with Crippen LogP contribution < -0.4 is 5.32 Å². The minimum absolute atomic E-state index is 0.559. The van der Waals surface area contributed by atoms with Gasteiger partial charge in [-0.1, -0.05) is 13.8 Å². The second-order valence-electron chi connectivity index (χ2n) is 5.34. The molecule has 0 aromatic carbocycles. The summed E-state index contributed by atoms with van der Waals surface area (Å²) in [6.07, 6.45) is 2.97. The first-order valence-corrected chi connectivity index (χ1v) is 7.00. The summed E-state index contributed by atoms with van der Waals surface area (Å²) in [5, 5.41) is 3.50. The van der Waals surface area contributed by atoms with Crippen LogP contribution >= 0.6 is 0 Å². The molecule has 0 aliphatic carbocycles. The van der Waals surface area contributed by atoms with Crippen molar-refractivity contribution in [3.63, 3.8) is 0 Å². The zero-order valence-corrected chi connectivity index (χ0v) is 12.5. The van der Waals surface area contributed by atoms with Gasteiger partial charge in [0.25, 0.3) is 0 Å². The van der Waals surface area contributed by atoms with E-state index in [1.54, 1.807) is 6.26 Å². The number of nitrogens with zero attached hydrogens (tertiary/aromatic N) is 1. The summed E-state index contributed by atoms with van der Waals surface area (Å²) in [5.74, 6) is 1.68. The van der Waals surface area contributed by atoms with Crippen LogP contribution in [0.4, 0.5) is 0 Å². The molecule has 3 heteroatoms. The fraction of sp³-hybridized carbons (Fsp3) is 0.733. The lowest BCUT2D eigenvalue weighted by atomic mass is 10.0. The van der Waals surface area contributed by atoms with Gasteiger partial charge in [-0.15, -0.1) is 0 Å². The van der Waals surface area contributed by atoms with Gasteiger partial charge in [0.2, 0.25) is 0 Å². The van der Waals surface area contributed by atoms with Crippen LogP contribution in [0.3, 0.4) is 0 Å². The number of rotatable bonds is 8. The van der Waals surface area contributed by atoms with E-state index in [1.165, 1.54) is 12.0 Å². The Labute approximate surface area is 112 Å². The van der Waals surface area contributed by atoms with Crippen molar-refractivity contribution in [1.29, 1.82) is 0 Å². The van der Waals surface area contributed by atoms with Crippen LogP contribution in [0.1, 0.15) is 38.5 Å². The van der Waals surface area contributed by atoms with E-state index in [-0.39, 0.29) is 0 Å². The molecule has 1 aromatic rings. The molecule has 0 aliphatic rings. The molecule has 0 amide bonds. The fourth-order valence-electron chi connectivity index (χ4n) is 2.10. The summed E-state index contributed by atoms with van der Waals surface area (Å²) >= 11 is 0. The number of furan rings is 1. The maximum Gasteiger partial charge on any atom is 0.105 e. The second-order valence-corrected chi connectivity index (χ2v) is 5.34. The van der Waals surface area contributed by atoms with Crippen LogP contribution in [0.25, 0.3) is 0 Å². The van der Waals surface area contributed by atoms with Crippen LogP contribution in [-0.4, -0.2) is 31.1 Å². The molecule has 3 nitrogen and oxygen atoms in total. The highest BCUT2D eigenvalue weighted by molar-refractivity contribution is 5.15. The van der Waals surface area contributed by atoms with Crippen molar-refractivity contribution in [2.24, 2.45) is 5.92 Å². The smallest absolute Gasteiger partial charge is 0.105 e. The number of nitrogens with one attached hydrogen (secondary N) is 1. The Balaban J connectivity index is 2.40. The minimum atomic E-state index is 0.559. The highest BCUT2D eigenvalue weighted by Gasteiger charge is 2.17. The van der Waals surface area contributed by atoms with Gasteiger partial charge in [-0.2, -0.15) is 0 Å². The Morgan fingerprint density at radius 1 is 1.39 bits per heavy atom. The predicted octanol–water partition coefficient (Wildman–Crippen LogP) is 3.04. The molecule has 2 unspecified atom stereocenters. The molecule has 0 fully saturated rings. The maximum absolute atomic E-state index is 5.35. The van der Waals surface area contributed by atoms with Crippen molar-refractivity contribution in [2.45, 2.75) is 46.7 Å². The maximum atomic E-state index is 5.35. The molecule has 1 rings (SSSR count). The molecule has 2 atom stereocenters. The third-order valence-corrected chi connectivity index (χ3v) is 3.80. The quantitative estimate of drug-likeness (QED) is 0.721. The molecular weight excluding hydrogens is 224 g/mol. The summed E-state index contributed by atoms with van der Waals surface area (Å²) in [4.78, 5) is 2.40. The number of hydrogen-bond acceptors (Lipinski definition) is 3. The molecule has 18 heavy (non-hydrogen) atoms. The van der Waals surface area contributed by atoms with Gasteiger partial charge in [0, 0.05) is 18.2 Å². The first-order valence-electron chi connectivity index (χ1n) is 7.00. The molecule has 1 heterocycles. The first-order chi connectivity index (χ1) is 8.56. The lowest BCUT2D eigenvalue weighted by Crippen LogP contribution is -2.38. The third-order valence-electron chi connectivity index (χ3n) is 3.80. The zero-order valence-electron chi connectivity index (χ0n) is 12.5. The molecule has 1 aromatic heterocycles. The van der Waals surface area contributed by atoms with Gasteiger partial charge in [0.15, 0.2) is 0 Å². The van der Waals surface area contributed by atoms with E-state index in [0.717, 1.165) is 25.4 Å². The van der Waals surface area contributed by atoms with Gasteiger partial charge in [-0.25, -0.2) is 0 Å². The van der Waals surface area contributed by atoms with Crippen LogP contribution in [0.15, 0.2) is 16.7 Å². The number of aryl methyl sites for hydroxylation is 1. The van der Waals surface area contributed by atoms with Crippen molar-refractivity contribution in [2.75, 3.05) is 20.1 Å². The van der Waals surface area contributed by atoms with Gasteiger partial charge in [0.05, 0.1) is 6.26 Å². The Morgan fingerprint density at radius 2 is 2.11 bits per heavy atom. The topological polar surface area (TPSA) is 28.4 Å². The standard InChI is InChI=1S/C15H28N2O/c1-6-8-16-10-12(2)13(3)17(5)11-15-7-9-18-14(15)4/h7,9,12-13,16H,6,8,10-11H2,1-5H3. The highest BCUT2D eigenvalue weighted by atomic mass is 16.3. The summed E-state index contributed by atoms with van der Waals surface area (Å²) in [7, 11) is 2.19. The molecule has 104 valence electrons. The van der Waals surface area contributed by atoms with Gasteiger partial charge < -0.3 is 9.73 Å². The summed E-state index contributed by atoms with van der Waals surface area (Å²) in [5.41, 5.74) is 1.29. The monoisotopic (exact) mass is 252 g/mol. The molecule has 1 N–H and O–H groups in total. The average molecular weight is 252 g/mol. The SMILES string of the molecule is CCCNCC(C)C(C)N(C)Cc1ccoc1C. The largest absolute Gasteiger partial charge is 0.469 e. The zero-order chi connectivity index (χ0) is 13.5. The molecule has 0 saturated heterocycles. The fourth-order valence-corrected chi connectivity index (χ4v) is 2.10. The highest BCUT2D eigenvalue weighted by Crippen LogP contribution is 2.15. The van der Waals surface area contributed by atoms with Gasteiger partial charge in [0.1, 0.15) is 5.76 Å². The lowest BCUT2D eigenvalue weighted by molar-refractivity contribution is 0.188. The van der Waals surface area contributed by atoms with E-state index in [9.17, 15) is 0 Å². The van der Waals surface area contributed by atoms with E-state index in [4.69, 9.17) is 4.42 Å². The van der Waals surface area contributed by atoms with Crippen LogP contribution in [0, 0.1) is 12.8 Å². The minimum Gasteiger partial charge on any atom is -0.469 e. The van der Waals surface area contributed by atoms with E-state index in [2.05, 4.69) is 44.1 Å². The summed E-state index contributed by atoms with van der Waals surface area (Å²) in [6.45, 7) is 12.0. The normalized spacial score (nSPS) is 15.0. The predicted molar refractivity (Wildman–Crippen MR) is 76.7 cm³/mol. The molecule has 0 aliphatic heterocycles. The van der Waals surface area contributed by atoms with E-state index < -0.39 is 0 Å². The average Bonchev–Trinajstić information content (AvgIpc) is 2.74. The van der Waals surface area contributed by atoms with E-state index >= 15 is 0 Å². The van der Waals surface area contributed by atoms with Crippen LogP contribution in [0.5, 0.6) is 0 Å². The molecule has 0 saturated carbocycles. The Kier molecular flexibility index (Phi) is 6.44. The van der Waals surface area contributed by atoms with Crippen LogP contribution in [-0.2, 0) is 6.54 Å². The second kappa shape index (κ2) is 7.59. The summed E-state index contributed by atoms with van der Waals surface area (Å²) < 4.78 is 5.35. The Bertz CT molecular complexity index is 335. The van der Waals surface area contributed by atoms with Crippen molar-refractivity contribution in [3.05, 3.63) is 23.7 Å². The van der Waals surface area contributed by atoms with Crippen molar-refractivity contribution in [3.8, 4) is 0 Å². The molecule has 0 spiro atoms. The van der Waals surface area contributed by atoms with Crippen LogP contribution in [0.2, 0.25) is 0 Å². The summed E-state index contributed by atoms with van der Waals surface area (Å²) in [6, 6.07) is 2.63. The van der Waals surface area contributed by atoms with Crippen molar-refractivity contribution in [1.82, 2.24) is 10.2 Å². The van der Waals surface area contributed by atoms with Crippen molar-refractivity contribution < 1.29 is 4.42 Å². The van der Waals surface area contributed by atoms with Crippen molar-refractivity contribution >= 4 is 0 Å². The molecule has 0 radical (unpaired) electrons. The van der Waals surface area contributed by atoms with Gasteiger partial charge >= 0.3 is 0 Å². The lowest BCUT2D eigenvalue weighted by Gasteiger charge is -2.30. The van der Waals surface area contributed by atoms with Gasteiger partial charge in [-0.3, -0.25) is 4.90 Å². The van der Waals surface area contributed by atoms with E-state index in [1.807, 2.05) is 6.92 Å². The Hall–Kier alpha value is -0.800. The molecular formula is C15H28N2O. The third kappa shape index (κ3) is 4.46. The first kappa shape index (κ1) is 15.3. The number of hydrogen-bond donors (Lipinski definition) is 1. The molecule has 0 bridgehead atoms. The van der Waals surface area contributed by atoms with E-state index in [0.29, 0.717) is 12.0 Å².